The number of hydrogen-bond acceptors (Lipinski definition) is 3. The number of rotatable bonds is 6. The number of nitrogens with one attached hydrogen (secondary N) is 1. The molecular weight excluding hydrogens is 164 g/mol. The van der Waals surface area contributed by atoms with Crippen molar-refractivity contribution in [3.63, 3.8) is 0 Å². The highest BCUT2D eigenvalue weighted by Crippen LogP contribution is 2.03. The van der Waals surface area contributed by atoms with E-state index in [-0.39, 0.29) is 0 Å². The van der Waals surface area contributed by atoms with Gasteiger partial charge < -0.3 is 15.5 Å². The van der Waals surface area contributed by atoms with Gasteiger partial charge in [-0.05, 0) is 38.6 Å². The van der Waals surface area contributed by atoms with Gasteiger partial charge in [-0.2, -0.15) is 0 Å². The summed E-state index contributed by atoms with van der Waals surface area (Å²) in [4.78, 5) is 0. The minimum atomic E-state index is 0.456. The fourth-order valence-electron chi connectivity index (χ4n) is 1.25. The van der Waals surface area contributed by atoms with Crippen molar-refractivity contribution in [2.45, 2.75) is 25.8 Å². The van der Waals surface area contributed by atoms with Crippen molar-refractivity contribution in [3.05, 3.63) is 24.2 Å². The maximum atomic E-state index is 5.39. The highest BCUT2D eigenvalue weighted by Gasteiger charge is 2.03. The van der Waals surface area contributed by atoms with Crippen LogP contribution in [0, 0.1) is 0 Å². The maximum absolute atomic E-state index is 5.39. The Morgan fingerprint density at radius 3 is 3.08 bits per heavy atom. The van der Waals surface area contributed by atoms with Crippen molar-refractivity contribution in [2.24, 2.45) is 5.73 Å². The highest BCUT2D eigenvalue weighted by atomic mass is 16.3. The van der Waals surface area contributed by atoms with E-state index in [2.05, 4.69) is 12.2 Å². The van der Waals surface area contributed by atoms with Gasteiger partial charge >= 0.3 is 0 Å². The molecule has 3 N–H and O–H groups in total. The van der Waals surface area contributed by atoms with Crippen molar-refractivity contribution in [3.8, 4) is 0 Å². The molecule has 1 aromatic rings. The molecule has 3 heteroatoms. The molecule has 0 radical (unpaired) electrons. The van der Waals surface area contributed by atoms with E-state index in [1.54, 1.807) is 6.26 Å². The number of hydrogen-bond donors (Lipinski definition) is 2. The van der Waals surface area contributed by atoms with E-state index in [0.29, 0.717) is 6.04 Å². The zero-order chi connectivity index (χ0) is 9.52. The number of furan rings is 1. The van der Waals surface area contributed by atoms with E-state index < -0.39 is 0 Å². The van der Waals surface area contributed by atoms with E-state index >= 15 is 0 Å². The molecule has 74 valence electrons. The van der Waals surface area contributed by atoms with Gasteiger partial charge in [-0.25, -0.2) is 0 Å². The Kier molecular flexibility index (Phi) is 4.57. The predicted molar refractivity (Wildman–Crippen MR) is 53.5 cm³/mol. The monoisotopic (exact) mass is 182 g/mol. The lowest BCUT2D eigenvalue weighted by Gasteiger charge is -2.11. The Hall–Kier alpha value is -0.800. The molecular formula is C10H18N2O. The largest absolute Gasteiger partial charge is 0.469 e. The molecule has 0 bridgehead atoms. The van der Waals surface area contributed by atoms with Crippen molar-refractivity contribution < 1.29 is 4.42 Å². The van der Waals surface area contributed by atoms with Gasteiger partial charge in [0.2, 0.25) is 0 Å². The zero-order valence-electron chi connectivity index (χ0n) is 8.12. The van der Waals surface area contributed by atoms with Crippen LogP contribution in [0.1, 0.15) is 19.1 Å². The van der Waals surface area contributed by atoms with Gasteiger partial charge in [-0.1, -0.05) is 0 Å². The van der Waals surface area contributed by atoms with Crippen LogP contribution in [0.5, 0.6) is 0 Å². The summed E-state index contributed by atoms with van der Waals surface area (Å²) >= 11 is 0. The average Bonchev–Trinajstić information content (AvgIpc) is 2.57. The van der Waals surface area contributed by atoms with Crippen LogP contribution >= 0.6 is 0 Å². The van der Waals surface area contributed by atoms with Crippen molar-refractivity contribution in [2.75, 3.05) is 13.1 Å². The normalized spacial score (nSPS) is 13.1. The average molecular weight is 182 g/mol. The molecule has 3 nitrogen and oxygen atoms in total. The molecule has 0 aliphatic carbocycles. The van der Waals surface area contributed by atoms with E-state index in [4.69, 9.17) is 10.2 Å². The molecule has 1 rings (SSSR count). The minimum absolute atomic E-state index is 0.456. The van der Waals surface area contributed by atoms with Gasteiger partial charge in [0, 0.05) is 12.5 Å². The molecule has 1 atom stereocenters. The van der Waals surface area contributed by atoms with Crippen LogP contribution < -0.4 is 11.1 Å². The van der Waals surface area contributed by atoms with Gasteiger partial charge in [0.05, 0.1) is 6.26 Å². The molecule has 0 aliphatic heterocycles. The summed E-state index contributed by atoms with van der Waals surface area (Å²) in [6.07, 6.45) is 3.68. The molecule has 1 unspecified atom stereocenters. The summed E-state index contributed by atoms with van der Waals surface area (Å²) in [6.45, 7) is 3.89. The quantitative estimate of drug-likeness (QED) is 0.649. The maximum Gasteiger partial charge on any atom is 0.105 e. The fourth-order valence-corrected chi connectivity index (χ4v) is 1.25. The van der Waals surface area contributed by atoms with E-state index in [1.807, 2.05) is 12.1 Å². The van der Waals surface area contributed by atoms with Crippen LogP contribution in [0.3, 0.4) is 0 Å². The Morgan fingerprint density at radius 2 is 2.46 bits per heavy atom. The van der Waals surface area contributed by atoms with Crippen LogP contribution in [0.15, 0.2) is 22.8 Å². The van der Waals surface area contributed by atoms with Gasteiger partial charge in [0.25, 0.3) is 0 Å². The molecule has 0 fully saturated rings. The number of nitrogens with two attached hydrogens (primary N) is 1. The van der Waals surface area contributed by atoms with E-state index in [1.165, 1.54) is 0 Å². The summed E-state index contributed by atoms with van der Waals surface area (Å²) in [7, 11) is 0. The van der Waals surface area contributed by atoms with Crippen molar-refractivity contribution in [1.82, 2.24) is 5.32 Å². The third-order valence-electron chi connectivity index (χ3n) is 1.96. The molecule has 0 aliphatic rings. The van der Waals surface area contributed by atoms with Crippen LogP contribution in [-0.4, -0.2) is 19.1 Å². The Labute approximate surface area is 79.3 Å². The summed E-state index contributed by atoms with van der Waals surface area (Å²) in [5.74, 6) is 1.03. The summed E-state index contributed by atoms with van der Waals surface area (Å²) in [6, 6.07) is 4.38. The standard InChI is InChI=1S/C10H18N2O/c1-9(12-6-3-5-11)8-10-4-2-7-13-10/h2,4,7,9,12H,3,5-6,8,11H2,1H3. The minimum Gasteiger partial charge on any atom is -0.469 e. The van der Waals surface area contributed by atoms with E-state index in [9.17, 15) is 0 Å². The topological polar surface area (TPSA) is 51.2 Å². The summed E-state index contributed by atoms with van der Waals surface area (Å²) in [5, 5.41) is 3.38. The highest BCUT2D eigenvalue weighted by molar-refractivity contribution is 4.99. The van der Waals surface area contributed by atoms with Crippen LogP contribution in [0.2, 0.25) is 0 Å². The molecule has 0 spiro atoms. The van der Waals surface area contributed by atoms with Gasteiger partial charge in [0.1, 0.15) is 5.76 Å². The van der Waals surface area contributed by atoms with E-state index in [0.717, 1.165) is 31.7 Å². The first-order valence-electron chi connectivity index (χ1n) is 4.78. The lowest BCUT2D eigenvalue weighted by molar-refractivity contribution is 0.455. The Bertz CT molecular complexity index is 209. The molecule has 0 amide bonds. The van der Waals surface area contributed by atoms with Crippen LogP contribution in [-0.2, 0) is 6.42 Å². The predicted octanol–water partition coefficient (Wildman–Crippen LogP) is 1.15. The second-order valence-corrected chi connectivity index (χ2v) is 3.28. The van der Waals surface area contributed by atoms with Crippen LogP contribution in [0.25, 0.3) is 0 Å². The first-order valence-corrected chi connectivity index (χ1v) is 4.78. The molecule has 0 aromatic carbocycles. The SMILES string of the molecule is CC(Cc1ccco1)NCCCN. The summed E-state index contributed by atoms with van der Waals surface area (Å²) in [5.41, 5.74) is 5.39. The lowest BCUT2D eigenvalue weighted by atomic mass is 10.2. The second-order valence-electron chi connectivity index (χ2n) is 3.28. The molecule has 0 saturated heterocycles. The molecule has 13 heavy (non-hydrogen) atoms. The lowest BCUT2D eigenvalue weighted by Crippen LogP contribution is -2.29. The zero-order valence-corrected chi connectivity index (χ0v) is 8.12. The molecule has 1 heterocycles. The van der Waals surface area contributed by atoms with Crippen molar-refractivity contribution in [1.29, 1.82) is 0 Å². The van der Waals surface area contributed by atoms with Crippen molar-refractivity contribution >= 4 is 0 Å². The summed E-state index contributed by atoms with van der Waals surface area (Å²) < 4.78 is 5.25. The second kappa shape index (κ2) is 5.78. The smallest absolute Gasteiger partial charge is 0.105 e. The molecule has 0 saturated carbocycles. The Balaban J connectivity index is 2.14. The first-order chi connectivity index (χ1) is 6.33. The molecule has 1 aromatic heterocycles. The van der Waals surface area contributed by atoms with Gasteiger partial charge in [-0.3, -0.25) is 0 Å². The van der Waals surface area contributed by atoms with Gasteiger partial charge in [0.15, 0.2) is 0 Å². The third-order valence-corrected chi connectivity index (χ3v) is 1.96. The van der Waals surface area contributed by atoms with Crippen LogP contribution in [0.4, 0.5) is 0 Å². The fraction of sp³-hybridized carbons (Fsp3) is 0.600. The third kappa shape index (κ3) is 4.10. The Morgan fingerprint density at radius 1 is 1.62 bits per heavy atom. The van der Waals surface area contributed by atoms with Gasteiger partial charge in [-0.15, -0.1) is 0 Å². The first kappa shape index (κ1) is 10.3.